The summed E-state index contributed by atoms with van der Waals surface area (Å²) in [5.74, 6) is 1.97. The smallest absolute Gasteiger partial charge is 0.141 e. The van der Waals surface area contributed by atoms with E-state index in [1.54, 1.807) is 11.3 Å². The van der Waals surface area contributed by atoms with Crippen molar-refractivity contribution in [1.82, 2.24) is 14.9 Å². The molecule has 3 heterocycles. The number of fused-ring (bicyclic) bond motifs is 1. The molecule has 0 bridgehead atoms. The van der Waals surface area contributed by atoms with Crippen LogP contribution in [0.3, 0.4) is 0 Å². The third-order valence-electron chi connectivity index (χ3n) is 4.88. The van der Waals surface area contributed by atoms with Crippen molar-refractivity contribution in [2.45, 2.75) is 26.8 Å². The van der Waals surface area contributed by atoms with Crippen molar-refractivity contribution in [3.63, 3.8) is 0 Å². The number of aryl methyl sites for hydroxylation is 2. The monoisotopic (exact) mass is 386 g/mol. The summed E-state index contributed by atoms with van der Waals surface area (Å²) >= 11 is 7.78. The molecule has 1 aliphatic heterocycles. The molecule has 1 aliphatic rings. The van der Waals surface area contributed by atoms with E-state index in [1.165, 1.54) is 15.8 Å². The molecule has 26 heavy (non-hydrogen) atoms. The molecule has 3 aromatic rings. The van der Waals surface area contributed by atoms with Crippen LogP contribution in [0.2, 0.25) is 5.02 Å². The van der Waals surface area contributed by atoms with Crippen LogP contribution in [0.25, 0.3) is 10.2 Å². The third-order valence-corrected chi connectivity index (χ3v) is 6.30. The van der Waals surface area contributed by atoms with Gasteiger partial charge in [-0.05, 0) is 37.1 Å². The molecule has 0 radical (unpaired) electrons. The SMILES string of the molecule is CCc1cc2c(N3CCN(Cc4ccc(Cl)cc4)CC3)nc(C)nc2s1. The van der Waals surface area contributed by atoms with Gasteiger partial charge < -0.3 is 4.90 Å². The first-order valence-corrected chi connectivity index (χ1v) is 10.3. The van der Waals surface area contributed by atoms with E-state index in [0.29, 0.717) is 0 Å². The largest absolute Gasteiger partial charge is 0.353 e. The summed E-state index contributed by atoms with van der Waals surface area (Å²) in [5.41, 5.74) is 1.31. The number of anilines is 1. The number of thiophene rings is 1. The van der Waals surface area contributed by atoms with Crippen molar-refractivity contribution in [3.05, 3.63) is 51.6 Å². The van der Waals surface area contributed by atoms with Gasteiger partial charge in [-0.1, -0.05) is 30.7 Å². The maximum absolute atomic E-state index is 5.98. The van der Waals surface area contributed by atoms with Gasteiger partial charge in [0, 0.05) is 42.6 Å². The average molecular weight is 387 g/mol. The van der Waals surface area contributed by atoms with E-state index < -0.39 is 0 Å². The van der Waals surface area contributed by atoms with E-state index in [1.807, 2.05) is 19.1 Å². The quantitative estimate of drug-likeness (QED) is 0.659. The minimum atomic E-state index is 0.795. The topological polar surface area (TPSA) is 32.3 Å². The van der Waals surface area contributed by atoms with Crippen molar-refractivity contribution < 1.29 is 0 Å². The van der Waals surface area contributed by atoms with Crippen molar-refractivity contribution in [1.29, 1.82) is 0 Å². The number of rotatable bonds is 4. The standard InChI is InChI=1S/C20H23ClN4S/c1-3-17-12-18-19(22-14(2)23-20(18)26-17)25-10-8-24(9-11-25)13-15-4-6-16(21)7-5-15/h4-7,12H,3,8-11,13H2,1-2H3. The van der Waals surface area contributed by atoms with E-state index in [4.69, 9.17) is 16.6 Å². The van der Waals surface area contributed by atoms with Gasteiger partial charge in [0.15, 0.2) is 0 Å². The Morgan fingerprint density at radius 2 is 1.81 bits per heavy atom. The summed E-state index contributed by atoms with van der Waals surface area (Å²) in [7, 11) is 0. The number of halogens is 1. The number of benzene rings is 1. The zero-order valence-corrected chi connectivity index (χ0v) is 16.8. The Morgan fingerprint density at radius 3 is 2.50 bits per heavy atom. The first-order valence-electron chi connectivity index (χ1n) is 9.11. The highest BCUT2D eigenvalue weighted by atomic mass is 35.5. The second kappa shape index (κ2) is 7.51. The fourth-order valence-electron chi connectivity index (χ4n) is 3.44. The molecule has 0 atom stereocenters. The van der Waals surface area contributed by atoms with E-state index in [0.717, 1.165) is 60.6 Å². The van der Waals surface area contributed by atoms with Crippen LogP contribution in [-0.4, -0.2) is 41.0 Å². The number of piperazine rings is 1. The molecule has 1 fully saturated rings. The minimum Gasteiger partial charge on any atom is -0.353 e. The van der Waals surface area contributed by atoms with E-state index in [2.05, 4.69) is 39.9 Å². The van der Waals surface area contributed by atoms with E-state index >= 15 is 0 Å². The number of nitrogens with zero attached hydrogens (tertiary/aromatic N) is 4. The summed E-state index contributed by atoms with van der Waals surface area (Å²) in [6.07, 6.45) is 1.05. The predicted octanol–water partition coefficient (Wildman–Crippen LogP) is 4.54. The van der Waals surface area contributed by atoms with Gasteiger partial charge in [-0.3, -0.25) is 4.90 Å². The number of aromatic nitrogens is 2. The molecule has 2 aromatic heterocycles. The van der Waals surface area contributed by atoms with Crippen LogP contribution in [-0.2, 0) is 13.0 Å². The summed E-state index contributed by atoms with van der Waals surface area (Å²) in [6, 6.07) is 10.4. The second-order valence-corrected chi connectivity index (χ2v) is 8.32. The van der Waals surface area contributed by atoms with Crippen LogP contribution in [0, 0.1) is 6.92 Å². The highest BCUT2D eigenvalue weighted by Gasteiger charge is 2.21. The molecule has 6 heteroatoms. The lowest BCUT2D eigenvalue weighted by Crippen LogP contribution is -2.46. The van der Waals surface area contributed by atoms with Gasteiger partial charge in [0.05, 0.1) is 5.39 Å². The average Bonchev–Trinajstić information content (AvgIpc) is 3.06. The Balaban J connectivity index is 1.48. The lowest BCUT2D eigenvalue weighted by atomic mass is 10.2. The zero-order valence-electron chi connectivity index (χ0n) is 15.2. The van der Waals surface area contributed by atoms with Gasteiger partial charge >= 0.3 is 0 Å². The lowest BCUT2D eigenvalue weighted by Gasteiger charge is -2.35. The normalized spacial score (nSPS) is 15.7. The highest BCUT2D eigenvalue weighted by molar-refractivity contribution is 7.18. The molecule has 0 saturated carbocycles. The predicted molar refractivity (Wildman–Crippen MR) is 110 cm³/mol. The van der Waals surface area contributed by atoms with Crippen LogP contribution in [0.1, 0.15) is 23.2 Å². The van der Waals surface area contributed by atoms with Crippen molar-refractivity contribution >= 4 is 39.0 Å². The van der Waals surface area contributed by atoms with Gasteiger partial charge in [-0.25, -0.2) is 9.97 Å². The van der Waals surface area contributed by atoms with Gasteiger partial charge in [0.25, 0.3) is 0 Å². The molecular weight excluding hydrogens is 364 g/mol. The van der Waals surface area contributed by atoms with Gasteiger partial charge in [-0.15, -0.1) is 11.3 Å². The molecule has 136 valence electrons. The lowest BCUT2D eigenvalue weighted by molar-refractivity contribution is 0.249. The van der Waals surface area contributed by atoms with Crippen molar-refractivity contribution in [2.75, 3.05) is 31.1 Å². The Kier molecular flexibility index (Phi) is 5.11. The first kappa shape index (κ1) is 17.7. The highest BCUT2D eigenvalue weighted by Crippen LogP contribution is 2.31. The molecule has 0 spiro atoms. The molecule has 0 unspecified atom stereocenters. The Bertz CT molecular complexity index is 898. The Labute approximate surface area is 163 Å². The summed E-state index contributed by atoms with van der Waals surface area (Å²) in [4.78, 5) is 16.8. The summed E-state index contributed by atoms with van der Waals surface area (Å²) in [6.45, 7) is 9.23. The number of hydrogen-bond donors (Lipinski definition) is 0. The van der Waals surface area contributed by atoms with E-state index in [9.17, 15) is 0 Å². The fraction of sp³-hybridized carbons (Fsp3) is 0.400. The maximum Gasteiger partial charge on any atom is 0.141 e. The Morgan fingerprint density at radius 1 is 1.08 bits per heavy atom. The van der Waals surface area contributed by atoms with Crippen LogP contribution < -0.4 is 4.90 Å². The van der Waals surface area contributed by atoms with Gasteiger partial charge in [0.2, 0.25) is 0 Å². The third kappa shape index (κ3) is 3.70. The molecule has 1 aromatic carbocycles. The minimum absolute atomic E-state index is 0.795. The first-order chi connectivity index (χ1) is 12.6. The maximum atomic E-state index is 5.98. The fourth-order valence-corrected chi connectivity index (χ4v) is 4.57. The van der Waals surface area contributed by atoms with Crippen molar-refractivity contribution in [3.8, 4) is 0 Å². The molecule has 0 N–H and O–H groups in total. The second-order valence-electron chi connectivity index (χ2n) is 6.77. The van der Waals surface area contributed by atoms with Crippen LogP contribution in [0.5, 0.6) is 0 Å². The number of hydrogen-bond acceptors (Lipinski definition) is 5. The van der Waals surface area contributed by atoms with Crippen LogP contribution in [0.4, 0.5) is 5.82 Å². The zero-order chi connectivity index (χ0) is 18.1. The molecule has 1 saturated heterocycles. The molecule has 4 rings (SSSR count). The van der Waals surface area contributed by atoms with Crippen LogP contribution >= 0.6 is 22.9 Å². The van der Waals surface area contributed by atoms with Gasteiger partial charge in [0.1, 0.15) is 16.5 Å². The van der Waals surface area contributed by atoms with Crippen molar-refractivity contribution in [2.24, 2.45) is 0 Å². The van der Waals surface area contributed by atoms with E-state index in [-0.39, 0.29) is 0 Å². The molecule has 0 aliphatic carbocycles. The van der Waals surface area contributed by atoms with Crippen LogP contribution in [0.15, 0.2) is 30.3 Å². The molecule has 0 amide bonds. The molecule has 4 nitrogen and oxygen atoms in total. The van der Waals surface area contributed by atoms with Gasteiger partial charge in [-0.2, -0.15) is 0 Å². The Hall–Kier alpha value is -1.69. The summed E-state index contributed by atoms with van der Waals surface area (Å²) in [5, 5.41) is 2.01. The summed E-state index contributed by atoms with van der Waals surface area (Å²) < 4.78 is 0. The molecular formula is C20H23ClN4S.